The average molecular weight is 295 g/mol. The maximum atomic E-state index is 11.9. The van der Waals surface area contributed by atoms with Crippen LogP contribution in [0, 0.1) is 6.92 Å². The molecular formula is C18H21N3O. The van der Waals surface area contributed by atoms with Crippen LogP contribution in [0.3, 0.4) is 0 Å². The van der Waals surface area contributed by atoms with Gasteiger partial charge in [0.2, 0.25) is 0 Å². The van der Waals surface area contributed by atoms with Gasteiger partial charge < -0.3 is 5.32 Å². The summed E-state index contributed by atoms with van der Waals surface area (Å²) in [6, 6.07) is 17.8. The third kappa shape index (κ3) is 4.74. The van der Waals surface area contributed by atoms with E-state index in [0.717, 1.165) is 23.4 Å². The number of hydrogen-bond acceptors (Lipinski definition) is 3. The highest BCUT2D eigenvalue weighted by Crippen LogP contribution is 2.07. The molecule has 0 saturated carbocycles. The van der Waals surface area contributed by atoms with Crippen LogP contribution in [0.1, 0.15) is 24.5 Å². The van der Waals surface area contributed by atoms with Gasteiger partial charge in [0.15, 0.2) is 0 Å². The Hall–Kier alpha value is -2.62. The zero-order valence-corrected chi connectivity index (χ0v) is 13.0. The maximum absolute atomic E-state index is 11.9. The van der Waals surface area contributed by atoms with Crippen molar-refractivity contribution in [1.82, 2.24) is 5.43 Å². The summed E-state index contributed by atoms with van der Waals surface area (Å²) >= 11 is 0. The van der Waals surface area contributed by atoms with Gasteiger partial charge in [-0.25, -0.2) is 5.43 Å². The highest BCUT2D eigenvalue weighted by Gasteiger charge is 2.03. The van der Waals surface area contributed by atoms with Crippen LogP contribution < -0.4 is 10.7 Å². The second-order valence-electron chi connectivity index (χ2n) is 5.03. The van der Waals surface area contributed by atoms with Gasteiger partial charge in [0.25, 0.3) is 5.91 Å². The van der Waals surface area contributed by atoms with E-state index in [1.165, 1.54) is 5.56 Å². The molecule has 0 unspecified atom stereocenters. The number of amides is 1. The molecule has 0 heterocycles. The maximum Gasteiger partial charge on any atom is 0.259 e. The summed E-state index contributed by atoms with van der Waals surface area (Å²) in [5, 5.41) is 7.29. The third-order valence-electron chi connectivity index (χ3n) is 3.26. The van der Waals surface area contributed by atoms with Gasteiger partial charge >= 0.3 is 0 Å². The number of nitrogens with zero attached hydrogens (tertiary/aromatic N) is 1. The molecule has 0 aliphatic carbocycles. The molecule has 1 amide bonds. The summed E-state index contributed by atoms with van der Waals surface area (Å²) in [5.41, 5.74) is 6.60. The Morgan fingerprint density at radius 2 is 1.73 bits per heavy atom. The number of anilines is 1. The largest absolute Gasteiger partial charge is 0.376 e. The van der Waals surface area contributed by atoms with Crippen molar-refractivity contribution in [3.05, 3.63) is 65.7 Å². The van der Waals surface area contributed by atoms with Gasteiger partial charge in [0.1, 0.15) is 0 Å². The van der Waals surface area contributed by atoms with Crippen LogP contribution in [0.4, 0.5) is 5.69 Å². The van der Waals surface area contributed by atoms with E-state index in [-0.39, 0.29) is 12.5 Å². The van der Waals surface area contributed by atoms with Gasteiger partial charge in [-0.2, -0.15) is 5.10 Å². The summed E-state index contributed by atoms with van der Waals surface area (Å²) in [5.74, 6) is -0.164. The normalized spacial score (nSPS) is 11.1. The highest BCUT2D eigenvalue weighted by molar-refractivity contribution is 6.00. The van der Waals surface area contributed by atoms with Crippen molar-refractivity contribution in [3.63, 3.8) is 0 Å². The molecule has 0 radical (unpaired) electrons. The number of benzene rings is 2. The van der Waals surface area contributed by atoms with E-state index in [9.17, 15) is 4.79 Å². The van der Waals surface area contributed by atoms with E-state index < -0.39 is 0 Å². The van der Waals surface area contributed by atoms with Gasteiger partial charge in [-0.15, -0.1) is 0 Å². The third-order valence-corrected chi connectivity index (χ3v) is 3.26. The van der Waals surface area contributed by atoms with Crippen molar-refractivity contribution in [1.29, 1.82) is 0 Å². The second kappa shape index (κ2) is 7.98. The molecule has 2 aromatic rings. The molecule has 0 aromatic heterocycles. The van der Waals surface area contributed by atoms with Crippen LogP contribution in [0.5, 0.6) is 0 Å². The number of hydrogen-bond donors (Lipinski definition) is 2. The van der Waals surface area contributed by atoms with Gasteiger partial charge in [-0.05, 0) is 31.0 Å². The first-order valence-corrected chi connectivity index (χ1v) is 7.40. The minimum atomic E-state index is -0.164. The first kappa shape index (κ1) is 15.8. The lowest BCUT2D eigenvalue weighted by Crippen LogP contribution is -2.27. The molecule has 4 heteroatoms. The van der Waals surface area contributed by atoms with Gasteiger partial charge in [-0.1, -0.05) is 55.0 Å². The predicted octanol–water partition coefficient (Wildman–Crippen LogP) is 3.34. The highest BCUT2D eigenvalue weighted by atomic mass is 16.2. The summed E-state index contributed by atoms with van der Waals surface area (Å²) in [7, 11) is 0. The number of aryl methyl sites for hydroxylation is 1. The fraction of sp³-hybridized carbons (Fsp3) is 0.222. The summed E-state index contributed by atoms with van der Waals surface area (Å²) < 4.78 is 0. The Bertz CT molecular complexity index is 633. The zero-order valence-electron chi connectivity index (χ0n) is 13.0. The number of carbonyl (C=O) groups excluding carboxylic acids is 1. The standard InChI is InChI=1S/C18H21N3O/c1-3-17(15-7-5-4-6-8-15)20-21-18(22)13-19-16-11-9-14(2)10-12-16/h4-12,19H,3,13H2,1-2H3,(H,21,22)/b20-17+. The van der Waals surface area contributed by atoms with Crippen LogP contribution in [-0.4, -0.2) is 18.2 Å². The molecule has 0 saturated heterocycles. The molecule has 0 spiro atoms. The Morgan fingerprint density at radius 1 is 1.05 bits per heavy atom. The Kier molecular flexibility index (Phi) is 5.72. The van der Waals surface area contributed by atoms with E-state index >= 15 is 0 Å². The SMILES string of the molecule is CC/C(=N\NC(=O)CNc1ccc(C)cc1)c1ccccc1. The van der Waals surface area contributed by atoms with Crippen LogP contribution in [0.2, 0.25) is 0 Å². The number of hydrazone groups is 1. The van der Waals surface area contributed by atoms with Crippen LogP contribution in [0.15, 0.2) is 59.7 Å². The minimum Gasteiger partial charge on any atom is -0.376 e. The van der Waals surface area contributed by atoms with Crippen LogP contribution in [0.25, 0.3) is 0 Å². The fourth-order valence-electron chi connectivity index (χ4n) is 2.00. The molecular weight excluding hydrogens is 274 g/mol. The molecule has 0 aliphatic heterocycles. The van der Waals surface area contributed by atoms with Crippen molar-refractivity contribution < 1.29 is 4.79 Å². The molecule has 2 aromatic carbocycles. The van der Waals surface area contributed by atoms with Crippen molar-refractivity contribution >= 4 is 17.3 Å². The fourth-order valence-corrected chi connectivity index (χ4v) is 2.00. The van der Waals surface area contributed by atoms with E-state index in [0.29, 0.717) is 0 Å². The first-order chi connectivity index (χ1) is 10.7. The smallest absolute Gasteiger partial charge is 0.259 e. The van der Waals surface area contributed by atoms with Gasteiger partial charge in [0, 0.05) is 5.69 Å². The number of nitrogens with one attached hydrogen (secondary N) is 2. The van der Waals surface area contributed by atoms with Crippen LogP contribution >= 0.6 is 0 Å². The lowest BCUT2D eigenvalue weighted by atomic mass is 10.1. The molecule has 114 valence electrons. The summed E-state index contributed by atoms with van der Waals surface area (Å²) in [4.78, 5) is 11.9. The Morgan fingerprint density at radius 3 is 2.36 bits per heavy atom. The van der Waals surface area contributed by atoms with E-state index in [1.807, 2.05) is 68.4 Å². The molecule has 2 rings (SSSR count). The lowest BCUT2D eigenvalue weighted by molar-refractivity contribution is -0.119. The van der Waals surface area contributed by atoms with Crippen molar-refractivity contribution in [2.24, 2.45) is 5.10 Å². The molecule has 0 atom stereocenters. The average Bonchev–Trinajstić information content (AvgIpc) is 2.56. The van der Waals surface area contributed by atoms with E-state index in [1.54, 1.807) is 0 Å². The van der Waals surface area contributed by atoms with E-state index in [4.69, 9.17) is 0 Å². The Labute approximate surface area is 131 Å². The van der Waals surface area contributed by atoms with Gasteiger partial charge in [0.05, 0.1) is 12.3 Å². The summed E-state index contributed by atoms with van der Waals surface area (Å²) in [6.45, 7) is 4.24. The van der Waals surface area contributed by atoms with Crippen molar-refractivity contribution in [2.45, 2.75) is 20.3 Å². The molecule has 4 nitrogen and oxygen atoms in total. The zero-order chi connectivity index (χ0) is 15.8. The topological polar surface area (TPSA) is 53.5 Å². The quantitative estimate of drug-likeness (QED) is 0.634. The second-order valence-corrected chi connectivity index (χ2v) is 5.03. The lowest BCUT2D eigenvalue weighted by Gasteiger charge is -2.07. The minimum absolute atomic E-state index is 0.164. The van der Waals surface area contributed by atoms with Crippen LogP contribution in [-0.2, 0) is 4.79 Å². The molecule has 0 aliphatic rings. The van der Waals surface area contributed by atoms with Gasteiger partial charge in [-0.3, -0.25) is 4.79 Å². The molecule has 0 fully saturated rings. The van der Waals surface area contributed by atoms with Crippen molar-refractivity contribution in [3.8, 4) is 0 Å². The van der Waals surface area contributed by atoms with Crippen molar-refractivity contribution in [2.75, 3.05) is 11.9 Å². The summed E-state index contributed by atoms with van der Waals surface area (Å²) in [6.07, 6.45) is 0.760. The first-order valence-electron chi connectivity index (χ1n) is 7.40. The predicted molar refractivity (Wildman–Crippen MR) is 91.1 cm³/mol. The number of rotatable bonds is 6. The molecule has 22 heavy (non-hydrogen) atoms. The molecule has 2 N–H and O–H groups in total. The van der Waals surface area contributed by atoms with E-state index in [2.05, 4.69) is 15.8 Å². The Balaban J connectivity index is 1.88. The number of carbonyl (C=O) groups is 1. The molecule has 0 bridgehead atoms. The monoisotopic (exact) mass is 295 g/mol.